The van der Waals surface area contributed by atoms with Crippen LogP contribution >= 0.6 is 0 Å². The van der Waals surface area contributed by atoms with Crippen molar-refractivity contribution in [2.45, 2.75) is 64.8 Å². The Hall–Kier alpha value is -2.31. The molecule has 0 saturated carbocycles. The van der Waals surface area contributed by atoms with Crippen LogP contribution in [0.15, 0.2) is 22.7 Å². The van der Waals surface area contributed by atoms with E-state index in [-0.39, 0.29) is 17.7 Å². The molecule has 0 unspecified atom stereocenters. The molecule has 1 aromatic heterocycles. The largest absolute Gasteiger partial charge is 0.347 e. The van der Waals surface area contributed by atoms with Crippen LogP contribution in [-0.2, 0) is 22.2 Å². The molecule has 142 valence electrons. The van der Waals surface area contributed by atoms with Gasteiger partial charge in [0.1, 0.15) is 0 Å². The second kappa shape index (κ2) is 7.51. The van der Waals surface area contributed by atoms with Crippen LogP contribution in [0.3, 0.4) is 0 Å². The van der Waals surface area contributed by atoms with Crippen LogP contribution < -0.4 is 5.32 Å². The fourth-order valence-corrected chi connectivity index (χ4v) is 2.43. The van der Waals surface area contributed by atoms with Crippen LogP contribution in [0.1, 0.15) is 64.7 Å². The van der Waals surface area contributed by atoms with Crippen molar-refractivity contribution in [3.8, 4) is 0 Å². The van der Waals surface area contributed by atoms with Gasteiger partial charge in [0.05, 0.1) is 5.54 Å². The first-order valence-electron chi connectivity index (χ1n) is 8.58. The van der Waals surface area contributed by atoms with Crippen LogP contribution in [0, 0.1) is 11.6 Å². The Morgan fingerprint density at radius 1 is 1.15 bits per heavy atom. The Morgan fingerprint density at radius 2 is 1.85 bits per heavy atom. The summed E-state index contributed by atoms with van der Waals surface area (Å²) in [7, 11) is 0. The third kappa shape index (κ3) is 5.09. The summed E-state index contributed by atoms with van der Waals surface area (Å²) in [5, 5.41) is 6.79. The maximum absolute atomic E-state index is 13.4. The standard InChI is InChI=1S/C19H25F2N3O2/c1-18(2,3)17-22-16(26-24-17)8-6-7-15(25)23-19(4,5)12-9-10-13(20)14(21)11-12/h9-11H,6-8H2,1-5H3,(H,23,25). The van der Waals surface area contributed by atoms with Gasteiger partial charge in [0.15, 0.2) is 17.5 Å². The van der Waals surface area contributed by atoms with Gasteiger partial charge in [0.25, 0.3) is 0 Å². The molecule has 1 N–H and O–H groups in total. The average Bonchev–Trinajstić information content (AvgIpc) is 2.98. The highest BCUT2D eigenvalue weighted by Gasteiger charge is 2.24. The van der Waals surface area contributed by atoms with E-state index in [9.17, 15) is 13.6 Å². The summed E-state index contributed by atoms with van der Waals surface area (Å²) >= 11 is 0. The predicted molar refractivity (Wildman–Crippen MR) is 93.5 cm³/mol. The van der Waals surface area contributed by atoms with Crippen molar-refractivity contribution in [3.05, 3.63) is 47.1 Å². The maximum Gasteiger partial charge on any atom is 0.226 e. The summed E-state index contributed by atoms with van der Waals surface area (Å²) in [6, 6.07) is 3.62. The summed E-state index contributed by atoms with van der Waals surface area (Å²) in [6.45, 7) is 9.47. The van der Waals surface area contributed by atoms with Crippen molar-refractivity contribution in [2.75, 3.05) is 0 Å². The number of benzene rings is 1. The highest BCUT2D eigenvalue weighted by Crippen LogP contribution is 2.22. The molecule has 0 aliphatic carbocycles. The number of aryl methyl sites for hydroxylation is 1. The Morgan fingerprint density at radius 3 is 2.42 bits per heavy atom. The van der Waals surface area contributed by atoms with Gasteiger partial charge in [-0.25, -0.2) is 8.78 Å². The molecule has 7 heteroatoms. The zero-order valence-electron chi connectivity index (χ0n) is 15.8. The third-order valence-corrected chi connectivity index (χ3v) is 4.03. The van der Waals surface area contributed by atoms with E-state index in [0.717, 1.165) is 12.1 Å². The van der Waals surface area contributed by atoms with E-state index in [1.54, 1.807) is 13.8 Å². The normalized spacial score (nSPS) is 12.3. The lowest BCUT2D eigenvalue weighted by molar-refractivity contribution is -0.122. The number of amides is 1. The van der Waals surface area contributed by atoms with E-state index in [1.807, 2.05) is 20.8 Å². The summed E-state index contributed by atoms with van der Waals surface area (Å²) in [5.74, 6) is -0.893. The molecule has 1 heterocycles. The molecule has 0 fully saturated rings. The number of hydrogen-bond donors (Lipinski definition) is 1. The molecule has 0 spiro atoms. The molecule has 0 saturated heterocycles. The summed E-state index contributed by atoms with van der Waals surface area (Å²) in [6.07, 6.45) is 1.31. The van der Waals surface area contributed by atoms with E-state index in [4.69, 9.17) is 4.52 Å². The zero-order chi connectivity index (χ0) is 19.5. The van der Waals surface area contributed by atoms with E-state index in [2.05, 4.69) is 15.5 Å². The van der Waals surface area contributed by atoms with Crippen molar-refractivity contribution in [1.82, 2.24) is 15.5 Å². The van der Waals surface area contributed by atoms with Gasteiger partial charge in [-0.15, -0.1) is 0 Å². The third-order valence-electron chi connectivity index (χ3n) is 4.03. The lowest BCUT2D eigenvalue weighted by Gasteiger charge is -2.27. The highest BCUT2D eigenvalue weighted by atomic mass is 19.2. The lowest BCUT2D eigenvalue weighted by Crippen LogP contribution is -2.41. The van der Waals surface area contributed by atoms with Crippen molar-refractivity contribution in [3.63, 3.8) is 0 Å². The Balaban J connectivity index is 1.88. The zero-order valence-corrected chi connectivity index (χ0v) is 15.8. The van der Waals surface area contributed by atoms with E-state index in [1.165, 1.54) is 6.07 Å². The minimum absolute atomic E-state index is 0.185. The highest BCUT2D eigenvalue weighted by molar-refractivity contribution is 5.76. The Bertz CT molecular complexity index is 779. The number of nitrogens with zero attached hydrogens (tertiary/aromatic N) is 2. The van der Waals surface area contributed by atoms with Crippen molar-refractivity contribution in [1.29, 1.82) is 0 Å². The van der Waals surface area contributed by atoms with Gasteiger partial charge >= 0.3 is 0 Å². The molecule has 0 aliphatic rings. The van der Waals surface area contributed by atoms with Gasteiger partial charge in [0.2, 0.25) is 11.8 Å². The molecular weight excluding hydrogens is 340 g/mol. The SMILES string of the molecule is CC(C)(C)c1noc(CCCC(=O)NC(C)(C)c2ccc(F)c(F)c2)n1. The minimum atomic E-state index is -0.934. The summed E-state index contributed by atoms with van der Waals surface area (Å²) in [4.78, 5) is 16.5. The molecule has 2 rings (SSSR count). The first-order valence-corrected chi connectivity index (χ1v) is 8.58. The van der Waals surface area contributed by atoms with Crippen molar-refractivity contribution >= 4 is 5.91 Å². The molecule has 5 nitrogen and oxygen atoms in total. The number of nitrogens with one attached hydrogen (secondary N) is 1. The molecular formula is C19H25F2N3O2. The van der Waals surface area contributed by atoms with Gasteiger partial charge in [-0.3, -0.25) is 4.79 Å². The Labute approximate surface area is 152 Å². The molecule has 2 aromatic rings. The fraction of sp³-hybridized carbons (Fsp3) is 0.526. The molecule has 26 heavy (non-hydrogen) atoms. The van der Waals surface area contributed by atoms with Crippen LogP contribution in [0.5, 0.6) is 0 Å². The Kier molecular flexibility index (Phi) is 5.78. The topological polar surface area (TPSA) is 68.0 Å². The molecule has 0 bridgehead atoms. The fourth-order valence-electron chi connectivity index (χ4n) is 2.43. The van der Waals surface area contributed by atoms with E-state index >= 15 is 0 Å². The van der Waals surface area contributed by atoms with Crippen LogP contribution in [0.2, 0.25) is 0 Å². The molecule has 1 amide bonds. The predicted octanol–water partition coefficient (Wildman–Crippen LogP) is 4.02. The monoisotopic (exact) mass is 365 g/mol. The second-order valence-electron chi connectivity index (χ2n) is 7.92. The van der Waals surface area contributed by atoms with E-state index < -0.39 is 17.2 Å². The molecule has 0 radical (unpaired) electrons. The van der Waals surface area contributed by atoms with Crippen LogP contribution in [0.25, 0.3) is 0 Å². The first-order chi connectivity index (χ1) is 12.0. The smallest absolute Gasteiger partial charge is 0.226 e. The van der Waals surface area contributed by atoms with Crippen LogP contribution in [-0.4, -0.2) is 16.0 Å². The average molecular weight is 365 g/mol. The van der Waals surface area contributed by atoms with Gasteiger partial charge in [-0.2, -0.15) is 4.98 Å². The molecule has 1 aromatic carbocycles. The number of carbonyl (C=O) groups is 1. The second-order valence-corrected chi connectivity index (χ2v) is 7.92. The maximum atomic E-state index is 13.4. The van der Waals surface area contributed by atoms with Gasteiger partial charge in [0, 0.05) is 18.3 Å². The number of aromatic nitrogens is 2. The molecule has 0 aliphatic heterocycles. The van der Waals surface area contributed by atoms with Gasteiger partial charge < -0.3 is 9.84 Å². The van der Waals surface area contributed by atoms with Crippen molar-refractivity contribution < 1.29 is 18.1 Å². The number of halogens is 2. The minimum Gasteiger partial charge on any atom is -0.347 e. The number of rotatable bonds is 6. The number of carbonyl (C=O) groups excluding carboxylic acids is 1. The van der Waals surface area contributed by atoms with Crippen LogP contribution in [0.4, 0.5) is 8.78 Å². The van der Waals surface area contributed by atoms with E-state index in [0.29, 0.717) is 30.1 Å². The molecule has 0 atom stereocenters. The van der Waals surface area contributed by atoms with Gasteiger partial charge in [-0.05, 0) is 38.0 Å². The quantitative estimate of drug-likeness (QED) is 0.839. The lowest BCUT2D eigenvalue weighted by atomic mass is 9.93. The first kappa shape index (κ1) is 20.0. The summed E-state index contributed by atoms with van der Waals surface area (Å²) < 4.78 is 31.7. The summed E-state index contributed by atoms with van der Waals surface area (Å²) in [5.41, 5.74) is -0.500. The van der Waals surface area contributed by atoms with Crippen molar-refractivity contribution in [2.24, 2.45) is 0 Å². The number of hydrogen-bond acceptors (Lipinski definition) is 4. The van der Waals surface area contributed by atoms with Gasteiger partial charge in [-0.1, -0.05) is 32.0 Å².